The molecule has 2 heterocycles. The van der Waals surface area contributed by atoms with Crippen LogP contribution < -0.4 is 20.7 Å². The van der Waals surface area contributed by atoms with E-state index in [4.69, 9.17) is 4.74 Å². The third kappa shape index (κ3) is 4.86. The molecular weight excluding hydrogens is 434 g/mol. The fraction of sp³-hybridized carbons (Fsp3) is 0.227. The van der Waals surface area contributed by atoms with Gasteiger partial charge in [0, 0.05) is 31.3 Å². The molecule has 170 valence electrons. The number of halogens is 2. The Kier molecular flexibility index (Phi) is 6.11. The van der Waals surface area contributed by atoms with E-state index in [-0.39, 0.29) is 51.7 Å². The molecule has 1 saturated carbocycles. The van der Waals surface area contributed by atoms with Crippen LogP contribution in [0, 0.1) is 17.6 Å². The molecule has 0 aliphatic heterocycles. The van der Waals surface area contributed by atoms with Gasteiger partial charge in [0.2, 0.25) is 5.91 Å². The van der Waals surface area contributed by atoms with Crippen LogP contribution in [0.1, 0.15) is 23.2 Å². The van der Waals surface area contributed by atoms with Crippen molar-refractivity contribution in [2.24, 2.45) is 5.92 Å². The topological polar surface area (TPSA) is 118 Å². The standard InChI is InChI=1S/C22H20F2N6O3/c1-25-22(32)15-10-26-18(30-21(31)11-3-4-11)7-16(15)29-17-6-12(23)5-14(19(17)33-2)20-27-8-13(24)9-28-20/h5-11H,3-4H2,1-2H3,(H,25,32)(H2,26,29,30,31). The maximum Gasteiger partial charge on any atom is 0.254 e. The van der Waals surface area contributed by atoms with Gasteiger partial charge in [-0.15, -0.1) is 0 Å². The van der Waals surface area contributed by atoms with Gasteiger partial charge >= 0.3 is 0 Å². The van der Waals surface area contributed by atoms with Crippen LogP contribution in [-0.2, 0) is 4.79 Å². The van der Waals surface area contributed by atoms with E-state index < -0.39 is 17.5 Å². The van der Waals surface area contributed by atoms with Gasteiger partial charge in [0.25, 0.3) is 5.91 Å². The molecule has 33 heavy (non-hydrogen) atoms. The van der Waals surface area contributed by atoms with Gasteiger partial charge < -0.3 is 20.7 Å². The first-order valence-electron chi connectivity index (χ1n) is 10.0. The largest absolute Gasteiger partial charge is 0.494 e. The Labute approximate surface area is 187 Å². The smallest absolute Gasteiger partial charge is 0.254 e. The summed E-state index contributed by atoms with van der Waals surface area (Å²) in [6.07, 6.45) is 4.87. The molecule has 0 saturated heterocycles. The lowest BCUT2D eigenvalue weighted by molar-refractivity contribution is -0.117. The Balaban J connectivity index is 1.75. The second-order valence-electron chi connectivity index (χ2n) is 7.34. The highest BCUT2D eigenvalue weighted by Crippen LogP contribution is 2.38. The number of amides is 2. The fourth-order valence-electron chi connectivity index (χ4n) is 3.19. The molecular formula is C22H20F2N6O3. The molecule has 0 bridgehead atoms. The minimum atomic E-state index is -0.640. The molecule has 1 aliphatic rings. The summed E-state index contributed by atoms with van der Waals surface area (Å²) in [4.78, 5) is 36.4. The van der Waals surface area contributed by atoms with Crippen LogP contribution in [0.2, 0.25) is 0 Å². The molecule has 11 heteroatoms. The third-order valence-electron chi connectivity index (χ3n) is 4.96. The van der Waals surface area contributed by atoms with Crippen molar-refractivity contribution >= 4 is 29.0 Å². The first-order valence-corrected chi connectivity index (χ1v) is 10.0. The molecule has 0 spiro atoms. The van der Waals surface area contributed by atoms with Gasteiger partial charge in [0.05, 0.1) is 42.0 Å². The van der Waals surface area contributed by atoms with E-state index in [2.05, 4.69) is 30.9 Å². The number of benzene rings is 1. The number of nitrogens with zero attached hydrogens (tertiary/aromatic N) is 3. The highest BCUT2D eigenvalue weighted by atomic mass is 19.1. The molecule has 2 aromatic heterocycles. The molecule has 9 nitrogen and oxygen atoms in total. The molecule has 2 amide bonds. The van der Waals surface area contributed by atoms with E-state index in [1.807, 2.05) is 0 Å². The molecule has 1 fully saturated rings. The molecule has 0 unspecified atom stereocenters. The second kappa shape index (κ2) is 9.15. The molecule has 3 aromatic rings. The van der Waals surface area contributed by atoms with E-state index in [1.165, 1.54) is 32.5 Å². The van der Waals surface area contributed by atoms with Crippen LogP contribution >= 0.6 is 0 Å². The van der Waals surface area contributed by atoms with Crippen LogP contribution in [0.3, 0.4) is 0 Å². The van der Waals surface area contributed by atoms with Gasteiger partial charge in [-0.25, -0.2) is 23.7 Å². The van der Waals surface area contributed by atoms with Crippen molar-refractivity contribution in [3.8, 4) is 17.1 Å². The Morgan fingerprint density at radius 1 is 1.00 bits per heavy atom. The van der Waals surface area contributed by atoms with Gasteiger partial charge in [0.15, 0.2) is 17.4 Å². The number of aromatic nitrogens is 3. The Morgan fingerprint density at radius 3 is 2.36 bits per heavy atom. The lowest BCUT2D eigenvalue weighted by Crippen LogP contribution is -2.20. The third-order valence-corrected chi connectivity index (χ3v) is 4.96. The van der Waals surface area contributed by atoms with Gasteiger partial charge in [0.1, 0.15) is 11.6 Å². The van der Waals surface area contributed by atoms with Crippen LogP contribution in [0.4, 0.5) is 26.0 Å². The predicted octanol–water partition coefficient (Wildman–Crippen LogP) is 3.28. The lowest BCUT2D eigenvalue weighted by Gasteiger charge is -2.17. The van der Waals surface area contributed by atoms with Crippen LogP contribution in [0.5, 0.6) is 5.75 Å². The summed E-state index contributed by atoms with van der Waals surface area (Å²) in [5, 5.41) is 8.21. The lowest BCUT2D eigenvalue weighted by atomic mass is 10.1. The SMILES string of the molecule is CNC(=O)c1cnc(NC(=O)C2CC2)cc1Nc1cc(F)cc(-c2ncc(F)cn2)c1OC. The van der Waals surface area contributed by atoms with Gasteiger partial charge in [-0.1, -0.05) is 0 Å². The highest BCUT2D eigenvalue weighted by molar-refractivity contribution is 6.01. The summed E-state index contributed by atoms with van der Waals surface area (Å²) in [6.45, 7) is 0. The van der Waals surface area contributed by atoms with E-state index >= 15 is 0 Å². The summed E-state index contributed by atoms with van der Waals surface area (Å²) < 4.78 is 33.2. The number of pyridine rings is 1. The monoisotopic (exact) mass is 454 g/mol. The number of anilines is 3. The van der Waals surface area contributed by atoms with E-state index in [9.17, 15) is 18.4 Å². The van der Waals surface area contributed by atoms with Crippen LogP contribution in [-0.4, -0.2) is 40.9 Å². The zero-order valence-electron chi connectivity index (χ0n) is 17.8. The summed E-state index contributed by atoms with van der Waals surface area (Å²) >= 11 is 0. The highest BCUT2D eigenvalue weighted by Gasteiger charge is 2.30. The molecule has 0 atom stereocenters. The first kappa shape index (κ1) is 22.1. The maximum absolute atomic E-state index is 14.5. The zero-order chi connectivity index (χ0) is 23.5. The summed E-state index contributed by atoms with van der Waals surface area (Å²) in [5.74, 6) is -1.45. The Morgan fingerprint density at radius 2 is 1.73 bits per heavy atom. The minimum absolute atomic E-state index is 0.0385. The second-order valence-corrected chi connectivity index (χ2v) is 7.34. The van der Waals surface area contributed by atoms with Crippen molar-refractivity contribution in [3.05, 3.63) is 54.0 Å². The van der Waals surface area contributed by atoms with Crippen molar-refractivity contribution in [2.75, 3.05) is 24.8 Å². The van der Waals surface area contributed by atoms with Crippen molar-refractivity contribution in [1.29, 1.82) is 0 Å². The number of carbonyl (C=O) groups excluding carboxylic acids is 2. The first-order chi connectivity index (χ1) is 15.9. The van der Waals surface area contributed by atoms with Gasteiger partial charge in [-0.3, -0.25) is 9.59 Å². The van der Waals surface area contributed by atoms with Gasteiger partial charge in [-0.2, -0.15) is 0 Å². The molecule has 3 N–H and O–H groups in total. The normalized spacial score (nSPS) is 12.7. The average molecular weight is 454 g/mol. The fourth-order valence-corrected chi connectivity index (χ4v) is 3.19. The van der Waals surface area contributed by atoms with Crippen molar-refractivity contribution in [2.45, 2.75) is 12.8 Å². The molecule has 4 rings (SSSR count). The molecule has 1 aliphatic carbocycles. The summed E-state index contributed by atoms with van der Waals surface area (Å²) in [5.41, 5.74) is 0.757. The van der Waals surface area contributed by atoms with Crippen LogP contribution in [0.25, 0.3) is 11.4 Å². The Bertz CT molecular complexity index is 1220. The summed E-state index contributed by atoms with van der Waals surface area (Å²) in [7, 11) is 2.83. The number of hydrogen-bond donors (Lipinski definition) is 3. The summed E-state index contributed by atoms with van der Waals surface area (Å²) in [6, 6.07) is 3.80. The van der Waals surface area contributed by atoms with Crippen LogP contribution in [0.15, 0.2) is 36.8 Å². The van der Waals surface area contributed by atoms with E-state index in [0.717, 1.165) is 31.3 Å². The number of methoxy groups -OCH3 is 1. The van der Waals surface area contributed by atoms with Crippen molar-refractivity contribution < 1.29 is 23.1 Å². The number of rotatable bonds is 7. The minimum Gasteiger partial charge on any atom is -0.494 e. The number of ether oxygens (including phenoxy) is 1. The van der Waals surface area contributed by atoms with Crippen molar-refractivity contribution in [3.63, 3.8) is 0 Å². The van der Waals surface area contributed by atoms with E-state index in [1.54, 1.807) is 0 Å². The average Bonchev–Trinajstić information content (AvgIpc) is 3.65. The number of hydrogen-bond acceptors (Lipinski definition) is 7. The van der Waals surface area contributed by atoms with Gasteiger partial charge in [-0.05, 0) is 18.9 Å². The number of carbonyl (C=O) groups is 2. The predicted molar refractivity (Wildman–Crippen MR) is 116 cm³/mol. The molecule has 0 radical (unpaired) electrons. The van der Waals surface area contributed by atoms with Crippen molar-refractivity contribution in [1.82, 2.24) is 20.3 Å². The number of nitrogens with one attached hydrogen (secondary N) is 3. The quantitative estimate of drug-likeness (QED) is 0.501. The Hall–Kier alpha value is -4.15. The molecule has 1 aromatic carbocycles. The zero-order valence-corrected chi connectivity index (χ0v) is 17.8. The maximum atomic E-state index is 14.5. The van der Waals surface area contributed by atoms with E-state index in [0.29, 0.717) is 0 Å².